The van der Waals surface area contributed by atoms with E-state index in [1.165, 1.54) is 16.2 Å². The minimum atomic E-state index is -0.455. The summed E-state index contributed by atoms with van der Waals surface area (Å²) in [7, 11) is 0. The number of hydrogen-bond acceptors (Lipinski definition) is 5. The highest BCUT2D eigenvalue weighted by molar-refractivity contribution is 7.17. The smallest absolute Gasteiger partial charge is 0.251 e. The Morgan fingerprint density at radius 2 is 1.88 bits per heavy atom. The van der Waals surface area contributed by atoms with Gasteiger partial charge in [0.25, 0.3) is 5.91 Å². The maximum atomic E-state index is 12.7. The van der Waals surface area contributed by atoms with Crippen LogP contribution in [0, 0.1) is 5.92 Å². The monoisotopic (exact) mass is 494 g/mol. The Hall–Kier alpha value is -1.64. The van der Waals surface area contributed by atoms with E-state index in [1.54, 1.807) is 0 Å². The number of nitrogens with zero attached hydrogens (tertiary/aromatic N) is 2. The van der Waals surface area contributed by atoms with Crippen molar-refractivity contribution in [1.29, 1.82) is 0 Å². The average Bonchev–Trinajstić information content (AvgIpc) is 3.09. The van der Waals surface area contributed by atoms with Crippen LogP contribution in [0.5, 0.6) is 0 Å². The van der Waals surface area contributed by atoms with Crippen molar-refractivity contribution in [3.05, 3.63) is 49.8 Å². The van der Waals surface area contributed by atoms with Gasteiger partial charge in [0, 0.05) is 37.6 Å². The summed E-state index contributed by atoms with van der Waals surface area (Å²) in [5, 5.41) is 4.71. The van der Waals surface area contributed by atoms with Gasteiger partial charge in [-0.3, -0.25) is 19.4 Å². The van der Waals surface area contributed by atoms with Crippen LogP contribution in [0.2, 0.25) is 10.0 Å². The van der Waals surface area contributed by atoms with Crippen molar-refractivity contribution >= 4 is 51.4 Å². The largest absolute Gasteiger partial charge is 0.365 e. The van der Waals surface area contributed by atoms with Gasteiger partial charge in [0.2, 0.25) is 5.91 Å². The number of carbonyl (C=O) groups excluding carboxylic acids is 2. The fourth-order valence-corrected chi connectivity index (χ4v) is 6.22. The molecule has 1 aromatic heterocycles. The average molecular weight is 495 g/mol. The number of fused-ring (bicyclic) bond motifs is 1. The molecule has 3 N–H and O–H groups in total. The number of nitrogens with two attached hydrogens (primary N) is 1. The van der Waals surface area contributed by atoms with Crippen molar-refractivity contribution in [2.75, 3.05) is 38.0 Å². The minimum absolute atomic E-state index is 0.0999. The maximum Gasteiger partial charge on any atom is 0.251 e. The quantitative estimate of drug-likeness (QED) is 0.634. The van der Waals surface area contributed by atoms with E-state index < -0.39 is 5.91 Å². The summed E-state index contributed by atoms with van der Waals surface area (Å²) in [4.78, 5) is 30.5. The van der Waals surface area contributed by atoms with Gasteiger partial charge in [-0.15, -0.1) is 11.3 Å². The summed E-state index contributed by atoms with van der Waals surface area (Å²) >= 11 is 13.6. The molecular weight excluding hydrogens is 467 g/mol. The highest BCUT2D eigenvalue weighted by Gasteiger charge is 2.28. The third-order valence-corrected chi connectivity index (χ3v) is 8.14. The fraction of sp³-hybridized carbons (Fsp3) is 0.478. The van der Waals surface area contributed by atoms with Gasteiger partial charge >= 0.3 is 0 Å². The van der Waals surface area contributed by atoms with E-state index in [0.717, 1.165) is 63.1 Å². The molecule has 1 aliphatic carbocycles. The lowest BCUT2D eigenvalue weighted by Gasteiger charge is -2.34. The zero-order valence-corrected chi connectivity index (χ0v) is 20.5. The molecule has 0 bridgehead atoms. The molecule has 0 saturated carbocycles. The molecule has 1 unspecified atom stereocenters. The van der Waals surface area contributed by atoms with E-state index in [-0.39, 0.29) is 5.91 Å². The number of piperazine rings is 1. The summed E-state index contributed by atoms with van der Waals surface area (Å²) in [6, 6.07) is 5.72. The zero-order chi connectivity index (χ0) is 22.8. The maximum absolute atomic E-state index is 12.7. The van der Waals surface area contributed by atoms with Crippen LogP contribution < -0.4 is 11.1 Å². The number of amides is 2. The number of primary amides is 1. The standard InChI is InChI=1S/C23H28Cl2N4O2S/c1-14-2-4-16-19(10-14)32-23(21(16)22(26)31)27-20(30)13-29-8-6-28(7-9-29)12-15-3-5-17(24)18(25)11-15/h3,5,11,14H,2,4,6-10,12-13H2,1H3,(H2,26,31)(H,27,30). The molecule has 2 amide bonds. The van der Waals surface area contributed by atoms with Gasteiger partial charge < -0.3 is 11.1 Å². The van der Waals surface area contributed by atoms with Gasteiger partial charge in [-0.25, -0.2) is 0 Å². The molecule has 9 heteroatoms. The summed E-state index contributed by atoms with van der Waals surface area (Å²) in [5.41, 5.74) is 8.33. The molecule has 2 aromatic rings. The second-order valence-electron chi connectivity index (χ2n) is 8.77. The summed E-state index contributed by atoms with van der Waals surface area (Å²) < 4.78 is 0. The summed E-state index contributed by atoms with van der Waals surface area (Å²) in [6.45, 7) is 6.66. The molecule has 1 aliphatic heterocycles. The first-order valence-electron chi connectivity index (χ1n) is 10.9. The van der Waals surface area contributed by atoms with Gasteiger partial charge in [0.15, 0.2) is 0 Å². The number of halogens is 2. The lowest BCUT2D eigenvalue weighted by atomic mass is 9.88. The number of thiophene rings is 1. The topological polar surface area (TPSA) is 78.7 Å². The second-order valence-corrected chi connectivity index (χ2v) is 10.7. The van der Waals surface area contributed by atoms with Gasteiger partial charge in [-0.1, -0.05) is 36.2 Å². The van der Waals surface area contributed by atoms with Gasteiger partial charge in [-0.05, 0) is 48.4 Å². The highest BCUT2D eigenvalue weighted by Crippen LogP contribution is 2.39. The molecule has 1 saturated heterocycles. The lowest BCUT2D eigenvalue weighted by molar-refractivity contribution is -0.117. The number of rotatable bonds is 6. The van der Waals surface area contributed by atoms with Crippen molar-refractivity contribution in [2.45, 2.75) is 32.7 Å². The van der Waals surface area contributed by atoms with Crippen LogP contribution in [0.4, 0.5) is 5.00 Å². The van der Waals surface area contributed by atoms with E-state index in [0.29, 0.717) is 33.1 Å². The molecule has 2 aliphatic rings. The number of benzene rings is 1. The Labute approximate surface area is 202 Å². The predicted molar refractivity (Wildman–Crippen MR) is 131 cm³/mol. The highest BCUT2D eigenvalue weighted by atomic mass is 35.5. The SMILES string of the molecule is CC1CCc2c(sc(NC(=O)CN3CCN(Cc4ccc(Cl)c(Cl)c4)CC3)c2C(N)=O)C1. The normalized spacial score (nSPS) is 19.5. The van der Waals surface area contributed by atoms with E-state index in [2.05, 4.69) is 22.0 Å². The molecule has 0 radical (unpaired) electrons. The minimum Gasteiger partial charge on any atom is -0.365 e. The van der Waals surface area contributed by atoms with Crippen LogP contribution in [-0.4, -0.2) is 54.3 Å². The van der Waals surface area contributed by atoms with E-state index in [9.17, 15) is 9.59 Å². The van der Waals surface area contributed by atoms with Crippen LogP contribution >= 0.6 is 34.5 Å². The van der Waals surface area contributed by atoms with Crippen LogP contribution in [0.1, 0.15) is 39.7 Å². The van der Waals surface area contributed by atoms with Crippen molar-refractivity contribution in [3.63, 3.8) is 0 Å². The van der Waals surface area contributed by atoms with Crippen LogP contribution in [0.15, 0.2) is 18.2 Å². The predicted octanol–water partition coefficient (Wildman–Crippen LogP) is 4.03. The van der Waals surface area contributed by atoms with Crippen LogP contribution in [0.3, 0.4) is 0 Å². The van der Waals surface area contributed by atoms with E-state index >= 15 is 0 Å². The molecule has 1 aromatic carbocycles. The molecule has 1 atom stereocenters. The third-order valence-electron chi connectivity index (χ3n) is 6.23. The van der Waals surface area contributed by atoms with E-state index in [1.807, 2.05) is 18.2 Å². The van der Waals surface area contributed by atoms with Gasteiger partial charge in [0.1, 0.15) is 5.00 Å². The third kappa shape index (κ3) is 5.46. The van der Waals surface area contributed by atoms with Crippen LogP contribution in [0.25, 0.3) is 0 Å². The molecule has 32 heavy (non-hydrogen) atoms. The number of nitrogens with one attached hydrogen (secondary N) is 1. The molecular formula is C23H28Cl2N4O2S. The summed E-state index contributed by atoms with van der Waals surface area (Å²) in [6.07, 6.45) is 2.84. The van der Waals surface area contributed by atoms with Crippen molar-refractivity contribution in [1.82, 2.24) is 9.80 Å². The molecule has 172 valence electrons. The zero-order valence-electron chi connectivity index (χ0n) is 18.1. The molecule has 0 spiro atoms. The Morgan fingerprint density at radius 1 is 1.16 bits per heavy atom. The Kier molecular flexibility index (Phi) is 7.42. The molecule has 4 rings (SSSR count). The number of anilines is 1. The van der Waals surface area contributed by atoms with Crippen molar-refractivity contribution < 1.29 is 9.59 Å². The molecule has 6 nitrogen and oxygen atoms in total. The summed E-state index contributed by atoms with van der Waals surface area (Å²) in [5.74, 6) is 0.0333. The molecule has 2 heterocycles. The van der Waals surface area contributed by atoms with Crippen molar-refractivity contribution in [3.8, 4) is 0 Å². The Balaban J connectivity index is 1.31. The molecule has 1 fully saturated rings. The lowest BCUT2D eigenvalue weighted by Crippen LogP contribution is -2.48. The fourth-order valence-electron chi connectivity index (χ4n) is 4.47. The second kappa shape index (κ2) is 10.1. The Morgan fingerprint density at radius 3 is 2.56 bits per heavy atom. The van der Waals surface area contributed by atoms with Crippen LogP contribution in [-0.2, 0) is 24.2 Å². The van der Waals surface area contributed by atoms with E-state index in [4.69, 9.17) is 28.9 Å². The number of hydrogen-bond donors (Lipinski definition) is 2. The first-order chi connectivity index (χ1) is 15.3. The number of carbonyl (C=O) groups is 2. The van der Waals surface area contributed by atoms with Gasteiger partial charge in [0.05, 0.1) is 22.2 Å². The Bertz CT molecular complexity index is 1020. The van der Waals surface area contributed by atoms with Crippen molar-refractivity contribution in [2.24, 2.45) is 11.7 Å². The first-order valence-corrected chi connectivity index (χ1v) is 12.5. The first kappa shape index (κ1) is 23.5. The van der Waals surface area contributed by atoms with Gasteiger partial charge in [-0.2, -0.15) is 0 Å².